The highest BCUT2D eigenvalue weighted by Gasteiger charge is 2.35. The van der Waals surface area contributed by atoms with Gasteiger partial charge in [-0.1, -0.05) is 0 Å². The third-order valence-electron chi connectivity index (χ3n) is 4.15. The van der Waals surface area contributed by atoms with Crippen molar-refractivity contribution in [3.05, 3.63) is 0 Å². The van der Waals surface area contributed by atoms with Gasteiger partial charge in [0.1, 0.15) is 0 Å². The van der Waals surface area contributed by atoms with Crippen LogP contribution in [0.25, 0.3) is 0 Å². The van der Waals surface area contributed by atoms with Crippen LogP contribution in [0.15, 0.2) is 0 Å². The van der Waals surface area contributed by atoms with Gasteiger partial charge in [-0.25, -0.2) is 0 Å². The minimum absolute atomic E-state index is 0.0524. The molecule has 106 valence electrons. The molecule has 0 spiro atoms. The predicted octanol–water partition coefficient (Wildman–Crippen LogP) is -0.176. The molecule has 5 nitrogen and oxygen atoms in total. The van der Waals surface area contributed by atoms with Gasteiger partial charge < -0.3 is 20.3 Å². The highest BCUT2D eigenvalue weighted by atomic mass is 16.5. The summed E-state index contributed by atoms with van der Waals surface area (Å²) in [5.74, 6) is 0. The standard InChI is InChI=1S/C13H26N2O3/c1-11-6-15(7-12(8-16)18-11)10-13(9-14)2-4-17-5-3-13/h11-12,16H,2-10,14H2,1H3. The molecule has 2 atom stereocenters. The van der Waals surface area contributed by atoms with E-state index >= 15 is 0 Å². The molecule has 0 aromatic carbocycles. The van der Waals surface area contributed by atoms with Crippen LogP contribution in [0.5, 0.6) is 0 Å². The van der Waals surface area contributed by atoms with Gasteiger partial charge in [0.25, 0.3) is 0 Å². The van der Waals surface area contributed by atoms with Crippen LogP contribution >= 0.6 is 0 Å². The Morgan fingerprint density at radius 2 is 2.06 bits per heavy atom. The van der Waals surface area contributed by atoms with Gasteiger partial charge in [0.05, 0.1) is 18.8 Å². The number of nitrogens with two attached hydrogens (primary N) is 1. The van der Waals surface area contributed by atoms with Gasteiger partial charge in [-0.3, -0.25) is 4.90 Å². The maximum absolute atomic E-state index is 9.26. The topological polar surface area (TPSA) is 68.0 Å². The van der Waals surface area contributed by atoms with Gasteiger partial charge in [0, 0.05) is 32.8 Å². The van der Waals surface area contributed by atoms with Crippen LogP contribution < -0.4 is 5.73 Å². The summed E-state index contributed by atoms with van der Waals surface area (Å²) < 4.78 is 11.1. The molecule has 2 aliphatic rings. The lowest BCUT2D eigenvalue weighted by molar-refractivity contribution is -0.108. The summed E-state index contributed by atoms with van der Waals surface area (Å²) >= 11 is 0. The minimum atomic E-state index is -0.0524. The van der Waals surface area contributed by atoms with E-state index in [0.717, 1.165) is 45.7 Å². The van der Waals surface area contributed by atoms with Crippen molar-refractivity contribution < 1.29 is 14.6 Å². The van der Waals surface area contributed by atoms with Crippen LogP contribution in [0, 0.1) is 5.41 Å². The van der Waals surface area contributed by atoms with E-state index in [9.17, 15) is 5.11 Å². The molecule has 0 saturated carbocycles. The van der Waals surface area contributed by atoms with Crippen molar-refractivity contribution in [2.24, 2.45) is 11.1 Å². The fourth-order valence-electron chi connectivity index (χ4n) is 3.08. The van der Waals surface area contributed by atoms with Gasteiger partial charge in [0.2, 0.25) is 0 Å². The number of rotatable bonds is 4. The van der Waals surface area contributed by atoms with Gasteiger partial charge in [-0.05, 0) is 31.7 Å². The molecule has 5 heteroatoms. The summed E-state index contributed by atoms with van der Waals surface area (Å²) in [5, 5.41) is 9.26. The predicted molar refractivity (Wildman–Crippen MR) is 69.4 cm³/mol. The average Bonchev–Trinajstić information content (AvgIpc) is 2.39. The fraction of sp³-hybridized carbons (Fsp3) is 1.00. The molecule has 0 amide bonds. The summed E-state index contributed by atoms with van der Waals surface area (Å²) in [6, 6.07) is 0. The van der Waals surface area contributed by atoms with Crippen molar-refractivity contribution in [3.8, 4) is 0 Å². The molecule has 0 aromatic heterocycles. The molecule has 18 heavy (non-hydrogen) atoms. The maximum Gasteiger partial charge on any atom is 0.0936 e. The molecule has 3 N–H and O–H groups in total. The number of aliphatic hydroxyl groups excluding tert-OH is 1. The zero-order valence-electron chi connectivity index (χ0n) is 11.3. The number of nitrogens with zero attached hydrogens (tertiary/aromatic N) is 1. The van der Waals surface area contributed by atoms with E-state index in [4.69, 9.17) is 15.2 Å². The Hall–Kier alpha value is -0.200. The number of morpholine rings is 1. The van der Waals surface area contributed by atoms with Crippen molar-refractivity contribution in [1.29, 1.82) is 0 Å². The molecule has 2 aliphatic heterocycles. The second kappa shape index (κ2) is 6.30. The first kappa shape index (κ1) is 14.2. The third-order valence-corrected chi connectivity index (χ3v) is 4.15. The largest absolute Gasteiger partial charge is 0.394 e. The Bertz CT molecular complexity index is 257. The Balaban J connectivity index is 1.93. The second-order valence-corrected chi connectivity index (χ2v) is 5.76. The molecular weight excluding hydrogens is 232 g/mol. The molecule has 0 bridgehead atoms. The molecule has 2 unspecified atom stereocenters. The van der Waals surface area contributed by atoms with Gasteiger partial charge in [-0.15, -0.1) is 0 Å². The number of hydrogen-bond donors (Lipinski definition) is 2. The van der Waals surface area contributed by atoms with E-state index in [1.807, 2.05) is 0 Å². The lowest BCUT2D eigenvalue weighted by Crippen LogP contribution is -2.53. The molecule has 0 aliphatic carbocycles. The fourth-order valence-corrected chi connectivity index (χ4v) is 3.08. The van der Waals surface area contributed by atoms with Crippen molar-refractivity contribution in [2.75, 3.05) is 46.0 Å². The zero-order valence-corrected chi connectivity index (χ0v) is 11.3. The zero-order chi connectivity index (χ0) is 13.0. The number of ether oxygens (including phenoxy) is 2. The Morgan fingerprint density at radius 1 is 1.33 bits per heavy atom. The molecule has 2 fully saturated rings. The van der Waals surface area contributed by atoms with E-state index in [2.05, 4.69) is 11.8 Å². The monoisotopic (exact) mass is 258 g/mol. The Morgan fingerprint density at radius 3 is 2.67 bits per heavy atom. The smallest absolute Gasteiger partial charge is 0.0936 e. The first-order valence-electron chi connectivity index (χ1n) is 6.94. The highest BCUT2D eigenvalue weighted by molar-refractivity contribution is 4.88. The molecule has 2 rings (SSSR count). The van der Waals surface area contributed by atoms with Crippen LogP contribution in [0.3, 0.4) is 0 Å². The normalized spacial score (nSPS) is 33.5. The van der Waals surface area contributed by atoms with Crippen LogP contribution in [-0.2, 0) is 9.47 Å². The summed E-state index contributed by atoms with van der Waals surface area (Å²) in [6.07, 6.45) is 2.21. The second-order valence-electron chi connectivity index (χ2n) is 5.76. The SMILES string of the molecule is CC1CN(CC2(CN)CCOCC2)CC(CO)O1. The molecule has 2 heterocycles. The van der Waals surface area contributed by atoms with E-state index in [-0.39, 0.29) is 24.2 Å². The van der Waals surface area contributed by atoms with Crippen molar-refractivity contribution in [1.82, 2.24) is 4.90 Å². The lowest BCUT2D eigenvalue weighted by Gasteiger charge is -2.44. The summed E-state index contributed by atoms with van der Waals surface area (Å²) in [7, 11) is 0. The van der Waals surface area contributed by atoms with E-state index in [1.165, 1.54) is 0 Å². The highest BCUT2D eigenvalue weighted by Crippen LogP contribution is 2.31. The summed E-state index contributed by atoms with van der Waals surface area (Å²) in [5.41, 5.74) is 6.18. The van der Waals surface area contributed by atoms with E-state index < -0.39 is 0 Å². The first-order valence-corrected chi connectivity index (χ1v) is 6.94. The Labute approximate surface area is 109 Å². The Kier molecular flexibility index (Phi) is 4.98. The molecule has 0 radical (unpaired) electrons. The third kappa shape index (κ3) is 3.42. The minimum Gasteiger partial charge on any atom is -0.394 e. The first-order chi connectivity index (χ1) is 8.67. The summed E-state index contributed by atoms with van der Waals surface area (Å²) in [6.45, 7) is 7.25. The molecule has 0 aromatic rings. The van der Waals surface area contributed by atoms with Crippen LogP contribution in [0.1, 0.15) is 19.8 Å². The van der Waals surface area contributed by atoms with Crippen molar-refractivity contribution in [2.45, 2.75) is 32.0 Å². The maximum atomic E-state index is 9.26. The molecular formula is C13H26N2O3. The van der Waals surface area contributed by atoms with Crippen molar-refractivity contribution in [3.63, 3.8) is 0 Å². The van der Waals surface area contributed by atoms with Crippen molar-refractivity contribution >= 4 is 0 Å². The number of aliphatic hydroxyl groups is 1. The summed E-state index contributed by atoms with van der Waals surface area (Å²) in [4.78, 5) is 2.40. The van der Waals surface area contributed by atoms with Crippen LogP contribution in [0.4, 0.5) is 0 Å². The molecule has 2 saturated heterocycles. The van der Waals surface area contributed by atoms with Gasteiger partial charge >= 0.3 is 0 Å². The number of hydrogen-bond acceptors (Lipinski definition) is 5. The van der Waals surface area contributed by atoms with Gasteiger partial charge in [-0.2, -0.15) is 0 Å². The van der Waals surface area contributed by atoms with Crippen LogP contribution in [0.2, 0.25) is 0 Å². The lowest BCUT2D eigenvalue weighted by atomic mass is 9.79. The van der Waals surface area contributed by atoms with Gasteiger partial charge in [0.15, 0.2) is 0 Å². The average molecular weight is 258 g/mol. The van der Waals surface area contributed by atoms with E-state index in [1.54, 1.807) is 0 Å². The van der Waals surface area contributed by atoms with Crippen LogP contribution in [-0.4, -0.2) is 68.2 Å². The quantitative estimate of drug-likeness (QED) is 0.732. The van der Waals surface area contributed by atoms with E-state index in [0.29, 0.717) is 6.54 Å².